The number of rotatable bonds is 5. The molecule has 2 heterocycles. The van der Waals surface area contributed by atoms with E-state index in [1.54, 1.807) is 23.8 Å². The van der Waals surface area contributed by atoms with Crippen molar-refractivity contribution < 1.29 is 13.6 Å². The lowest BCUT2D eigenvalue weighted by atomic mass is 10.2. The predicted molar refractivity (Wildman–Crippen MR) is 121 cm³/mol. The number of benzene rings is 2. The number of hydrogen-bond donors (Lipinski definition) is 2. The van der Waals surface area contributed by atoms with Gasteiger partial charge in [-0.3, -0.25) is 9.80 Å². The monoisotopic (exact) mass is 452 g/mol. The average Bonchev–Trinajstić information content (AvgIpc) is 3.59. The summed E-state index contributed by atoms with van der Waals surface area (Å²) in [6.07, 6.45) is 0.641. The summed E-state index contributed by atoms with van der Waals surface area (Å²) in [5.41, 5.74) is 2.79. The van der Waals surface area contributed by atoms with Crippen LogP contribution < -0.4 is 10.6 Å². The van der Waals surface area contributed by atoms with Gasteiger partial charge in [-0.05, 0) is 48.8 Å². The van der Waals surface area contributed by atoms with Crippen molar-refractivity contribution in [2.24, 2.45) is 0 Å². The van der Waals surface area contributed by atoms with Gasteiger partial charge in [0.15, 0.2) is 0 Å². The molecule has 0 atom stereocenters. The molecular weight excluding hydrogens is 430 g/mol. The van der Waals surface area contributed by atoms with Crippen molar-refractivity contribution in [3.8, 4) is 0 Å². The molecule has 1 fully saturated rings. The first kappa shape index (κ1) is 20.8. The van der Waals surface area contributed by atoms with Crippen LogP contribution in [0.25, 0.3) is 0 Å². The molecule has 2 aromatic carbocycles. The molecule has 0 radical (unpaired) electrons. The molecule has 1 saturated carbocycles. The number of alkyl halides is 2. The molecule has 8 heteroatoms. The normalized spacial score (nSPS) is 18.0. The average molecular weight is 453 g/mol. The van der Waals surface area contributed by atoms with Crippen LogP contribution in [-0.2, 0) is 4.79 Å². The van der Waals surface area contributed by atoms with Crippen LogP contribution in [0.1, 0.15) is 12.8 Å². The van der Waals surface area contributed by atoms with E-state index >= 15 is 0 Å². The number of amides is 1. The number of carbonyl (C=O) groups is 1. The van der Waals surface area contributed by atoms with E-state index in [-0.39, 0.29) is 18.1 Å². The first-order valence-electron chi connectivity index (χ1n) is 10.4. The maximum atomic E-state index is 13.8. The molecule has 0 saturated heterocycles. The summed E-state index contributed by atoms with van der Waals surface area (Å²) in [7, 11) is 1.70. The molecule has 0 unspecified atom stereocenters. The van der Waals surface area contributed by atoms with Crippen molar-refractivity contribution in [1.29, 1.82) is 0 Å². The molecule has 164 valence electrons. The molecule has 2 N–H and O–H groups in total. The van der Waals surface area contributed by atoms with Gasteiger partial charge in [-0.1, -0.05) is 42.1 Å². The molecule has 1 amide bonds. The van der Waals surface area contributed by atoms with Crippen molar-refractivity contribution in [3.05, 3.63) is 89.0 Å². The second-order valence-electron chi connectivity index (χ2n) is 7.83. The smallest absolute Gasteiger partial charge is 0.280 e. The van der Waals surface area contributed by atoms with Gasteiger partial charge in [0.1, 0.15) is 11.5 Å². The highest BCUT2D eigenvalue weighted by Gasteiger charge is 2.40. The van der Waals surface area contributed by atoms with Crippen molar-refractivity contribution in [2.45, 2.75) is 29.1 Å². The van der Waals surface area contributed by atoms with Crippen LogP contribution in [0.3, 0.4) is 0 Å². The van der Waals surface area contributed by atoms with Crippen molar-refractivity contribution in [1.82, 2.24) is 15.3 Å². The Kier molecular flexibility index (Phi) is 5.48. The molecule has 0 aromatic heterocycles. The summed E-state index contributed by atoms with van der Waals surface area (Å²) >= 11 is 1.56. The van der Waals surface area contributed by atoms with E-state index < -0.39 is 6.43 Å². The third kappa shape index (κ3) is 4.03. The standard InChI is InChI=1S/C24H22F2N4OS/c1-29-14-17(23-27-19(15-11-12-15)13-20(22(25)26)30(23)29)24(31)28-18-9-5-6-10-21(18)32-16-7-3-2-4-8-16/h2-10,13,22,27H,11-12,14H2,1H3,(H,28,31). The Hall–Kier alpha value is -3.10. The van der Waals surface area contributed by atoms with Crippen LogP contribution in [0.5, 0.6) is 0 Å². The van der Waals surface area contributed by atoms with Crippen molar-refractivity contribution in [2.75, 3.05) is 18.9 Å². The van der Waals surface area contributed by atoms with E-state index in [1.807, 2.05) is 54.6 Å². The molecule has 2 aliphatic heterocycles. The van der Waals surface area contributed by atoms with Gasteiger partial charge in [-0.25, -0.2) is 13.8 Å². The van der Waals surface area contributed by atoms with Gasteiger partial charge in [0.05, 0.1) is 17.8 Å². The maximum Gasteiger partial charge on any atom is 0.280 e. The quantitative estimate of drug-likeness (QED) is 0.672. The highest BCUT2D eigenvalue weighted by atomic mass is 32.2. The van der Waals surface area contributed by atoms with Crippen molar-refractivity contribution >= 4 is 23.4 Å². The largest absolute Gasteiger partial charge is 0.340 e. The fraction of sp³-hybridized carbons (Fsp3) is 0.208. The first-order valence-corrected chi connectivity index (χ1v) is 11.2. The highest BCUT2D eigenvalue weighted by Crippen LogP contribution is 2.39. The third-order valence-electron chi connectivity index (χ3n) is 5.50. The second-order valence-corrected chi connectivity index (χ2v) is 8.95. The summed E-state index contributed by atoms with van der Waals surface area (Å²) in [6, 6.07) is 17.5. The number of hydrogen-bond acceptors (Lipinski definition) is 5. The Morgan fingerprint density at radius 1 is 1.09 bits per heavy atom. The van der Waals surface area contributed by atoms with Gasteiger partial charge in [0, 0.05) is 22.5 Å². The van der Waals surface area contributed by atoms with Gasteiger partial charge in [0.2, 0.25) is 0 Å². The highest BCUT2D eigenvalue weighted by molar-refractivity contribution is 7.99. The molecule has 3 aliphatic rings. The fourth-order valence-electron chi connectivity index (χ4n) is 3.83. The van der Waals surface area contributed by atoms with E-state index in [9.17, 15) is 13.6 Å². The minimum absolute atomic E-state index is 0.113. The second kappa shape index (κ2) is 8.44. The van der Waals surface area contributed by atoms with E-state index in [1.165, 1.54) is 11.1 Å². The van der Waals surface area contributed by atoms with Crippen LogP contribution >= 0.6 is 11.8 Å². The number of likely N-dealkylation sites (N-methyl/N-ethyl adjacent to an activating group) is 1. The number of nitrogens with one attached hydrogen (secondary N) is 2. The van der Waals surface area contributed by atoms with Gasteiger partial charge >= 0.3 is 0 Å². The lowest BCUT2D eigenvalue weighted by Crippen LogP contribution is -2.42. The fourth-order valence-corrected chi connectivity index (χ4v) is 4.75. The molecule has 5 rings (SSSR count). The van der Waals surface area contributed by atoms with Gasteiger partial charge < -0.3 is 10.6 Å². The first-order chi connectivity index (χ1) is 15.5. The molecule has 0 bridgehead atoms. The summed E-state index contributed by atoms with van der Waals surface area (Å²) < 4.78 is 27.6. The Morgan fingerprint density at radius 3 is 2.53 bits per heavy atom. The topological polar surface area (TPSA) is 47.6 Å². The van der Waals surface area contributed by atoms with E-state index in [2.05, 4.69) is 10.6 Å². The van der Waals surface area contributed by atoms with E-state index in [4.69, 9.17) is 0 Å². The summed E-state index contributed by atoms with van der Waals surface area (Å²) in [6.45, 7) is 0.231. The number of allylic oxidation sites excluding steroid dienone is 3. The van der Waals surface area contributed by atoms with Crippen LogP contribution in [0.4, 0.5) is 14.5 Å². The molecule has 32 heavy (non-hydrogen) atoms. The summed E-state index contributed by atoms with van der Waals surface area (Å²) in [4.78, 5) is 15.3. The zero-order valence-electron chi connectivity index (χ0n) is 17.4. The molecule has 5 nitrogen and oxygen atoms in total. The van der Waals surface area contributed by atoms with E-state index in [0.29, 0.717) is 22.8 Å². The third-order valence-corrected chi connectivity index (χ3v) is 6.58. The zero-order valence-corrected chi connectivity index (χ0v) is 18.3. The van der Waals surface area contributed by atoms with Gasteiger partial charge in [0.25, 0.3) is 12.3 Å². The Morgan fingerprint density at radius 2 is 1.81 bits per heavy atom. The molecular formula is C24H22F2N4OS. The number of hydrazine groups is 1. The van der Waals surface area contributed by atoms with Crippen LogP contribution in [0, 0.1) is 0 Å². The lowest BCUT2D eigenvalue weighted by Gasteiger charge is -2.35. The summed E-state index contributed by atoms with van der Waals surface area (Å²) in [5, 5.41) is 9.27. The van der Waals surface area contributed by atoms with Gasteiger partial charge in [-0.2, -0.15) is 0 Å². The van der Waals surface area contributed by atoms with E-state index in [0.717, 1.165) is 28.2 Å². The maximum absolute atomic E-state index is 13.8. The number of halogens is 2. The summed E-state index contributed by atoms with van der Waals surface area (Å²) in [5.74, 6) is 0.101. The Labute approximate surface area is 189 Å². The zero-order chi connectivity index (χ0) is 22.2. The van der Waals surface area contributed by atoms with Gasteiger partial charge in [-0.15, -0.1) is 0 Å². The minimum atomic E-state index is -2.64. The molecule has 0 spiro atoms. The van der Waals surface area contributed by atoms with Crippen molar-refractivity contribution in [3.63, 3.8) is 0 Å². The number of carbonyl (C=O) groups excluding carboxylic acids is 1. The number of fused-ring (bicyclic) bond motifs is 1. The number of nitrogens with zero attached hydrogens (tertiary/aromatic N) is 2. The molecule has 2 aromatic rings. The minimum Gasteiger partial charge on any atom is -0.340 e. The van der Waals surface area contributed by atoms with Crippen LogP contribution in [0.15, 0.2) is 98.8 Å². The Bertz CT molecular complexity index is 1150. The SMILES string of the molecule is CN1CC(C(=O)Nc2ccccc2Sc2ccccc2)=C2NC(=C3CC3)C=C(C(F)F)N21. The predicted octanol–water partition coefficient (Wildman–Crippen LogP) is 4.95. The number of para-hydroxylation sites is 1. The molecule has 1 aliphatic carbocycles. The van der Waals surface area contributed by atoms with Crippen LogP contribution in [0.2, 0.25) is 0 Å². The van der Waals surface area contributed by atoms with Crippen LogP contribution in [-0.4, -0.2) is 35.9 Å². The Balaban J connectivity index is 1.44. The lowest BCUT2D eigenvalue weighted by molar-refractivity contribution is -0.113. The number of anilines is 1.